The average molecular weight is 305 g/mol. The van der Waals surface area contributed by atoms with Crippen molar-refractivity contribution < 1.29 is 18.3 Å². The van der Waals surface area contributed by atoms with E-state index in [0.717, 1.165) is 5.56 Å². The maximum absolute atomic E-state index is 12.1. The number of sulfonamides is 1. The highest BCUT2D eigenvalue weighted by Crippen LogP contribution is 2.34. The van der Waals surface area contributed by atoms with Gasteiger partial charge in [-0.25, -0.2) is 12.7 Å². The SMILES string of the molecule is COCCS(=O)(=O)N1C[C@@H](CO)[C@@H](c2ccsc2)C1. The first kappa shape index (κ1) is 14.9. The van der Waals surface area contributed by atoms with Gasteiger partial charge in [-0.3, -0.25) is 0 Å². The Morgan fingerprint density at radius 1 is 1.53 bits per heavy atom. The molecule has 0 spiro atoms. The quantitative estimate of drug-likeness (QED) is 0.841. The van der Waals surface area contributed by atoms with Gasteiger partial charge in [0.15, 0.2) is 0 Å². The molecule has 1 aliphatic heterocycles. The smallest absolute Gasteiger partial charge is 0.216 e. The summed E-state index contributed by atoms with van der Waals surface area (Å²) < 4.78 is 30.6. The topological polar surface area (TPSA) is 66.8 Å². The largest absolute Gasteiger partial charge is 0.396 e. The van der Waals surface area contributed by atoms with Crippen molar-refractivity contribution in [1.29, 1.82) is 0 Å². The van der Waals surface area contributed by atoms with Crippen molar-refractivity contribution in [3.63, 3.8) is 0 Å². The van der Waals surface area contributed by atoms with Gasteiger partial charge in [0, 0.05) is 38.6 Å². The summed E-state index contributed by atoms with van der Waals surface area (Å²) in [5.74, 6) is 0.0679. The van der Waals surface area contributed by atoms with Crippen LogP contribution in [0.3, 0.4) is 0 Å². The van der Waals surface area contributed by atoms with Crippen LogP contribution in [-0.4, -0.2) is 57.0 Å². The van der Waals surface area contributed by atoms with E-state index in [1.807, 2.05) is 16.8 Å². The lowest BCUT2D eigenvalue weighted by atomic mass is 9.92. The Labute approximate surface area is 117 Å². The van der Waals surface area contributed by atoms with E-state index in [0.29, 0.717) is 13.1 Å². The van der Waals surface area contributed by atoms with Crippen molar-refractivity contribution >= 4 is 21.4 Å². The zero-order valence-electron chi connectivity index (χ0n) is 10.9. The average Bonchev–Trinajstić information content (AvgIpc) is 3.04. The number of rotatable bonds is 6. The number of hydrogen-bond donors (Lipinski definition) is 1. The number of hydrogen-bond acceptors (Lipinski definition) is 5. The highest BCUT2D eigenvalue weighted by Gasteiger charge is 2.38. The van der Waals surface area contributed by atoms with Crippen LogP contribution in [0.2, 0.25) is 0 Å². The molecule has 0 unspecified atom stereocenters. The first-order valence-corrected chi connectivity index (χ1v) is 8.73. The Morgan fingerprint density at radius 2 is 2.32 bits per heavy atom. The fourth-order valence-corrected chi connectivity index (χ4v) is 4.59. The van der Waals surface area contributed by atoms with Crippen LogP contribution in [0, 0.1) is 5.92 Å². The molecule has 0 aliphatic carbocycles. The Morgan fingerprint density at radius 3 is 2.89 bits per heavy atom. The zero-order valence-corrected chi connectivity index (χ0v) is 12.5. The molecule has 2 heterocycles. The van der Waals surface area contributed by atoms with Gasteiger partial charge in [-0.1, -0.05) is 0 Å². The van der Waals surface area contributed by atoms with Crippen LogP contribution in [0.25, 0.3) is 0 Å². The fourth-order valence-electron chi connectivity index (χ4n) is 2.43. The van der Waals surface area contributed by atoms with E-state index in [2.05, 4.69) is 0 Å². The summed E-state index contributed by atoms with van der Waals surface area (Å²) in [5, 5.41) is 13.5. The first-order chi connectivity index (χ1) is 9.08. The third-order valence-electron chi connectivity index (χ3n) is 3.55. The molecule has 0 amide bonds. The van der Waals surface area contributed by atoms with Crippen molar-refractivity contribution in [2.75, 3.05) is 39.2 Å². The molecule has 1 fully saturated rings. The van der Waals surface area contributed by atoms with E-state index in [4.69, 9.17) is 4.74 Å². The molecule has 19 heavy (non-hydrogen) atoms. The van der Waals surface area contributed by atoms with E-state index in [9.17, 15) is 13.5 Å². The fraction of sp³-hybridized carbons (Fsp3) is 0.667. The first-order valence-electron chi connectivity index (χ1n) is 6.18. The predicted octanol–water partition coefficient (Wildman–Crippen LogP) is 0.732. The van der Waals surface area contributed by atoms with E-state index < -0.39 is 10.0 Å². The van der Waals surface area contributed by atoms with Crippen molar-refractivity contribution in [3.05, 3.63) is 22.4 Å². The second kappa shape index (κ2) is 6.32. The lowest BCUT2D eigenvalue weighted by Crippen LogP contribution is -2.32. The van der Waals surface area contributed by atoms with Crippen molar-refractivity contribution in [2.45, 2.75) is 5.92 Å². The predicted molar refractivity (Wildman–Crippen MR) is 74.9 cm³/mol. The van der Waals surface area contributed by atoms with Crippen LogP contribution in [0.4, 0.5) is 0 Å². The molecular weight excluding hydrogens is 286 g/mol. The van der Waals surface area contributed by atoms with E-state index in [1.165, 1.54) is 11.4 Å². The minimum Gasteiger partial charge on any atom is -0.396 e. The maximum Gasteiger partial charge on any atom is 0.216 e. The molecule has 1 N–H and O–H groups in total. The number of aliphatic hydroxyl groups is 1. The third-order valence-corrected chi connectivity index (χ3v) is 6.02. The van der Waals surface area contributed by atoms with Gasteiger partial charge in [-0.05, 0) is 22.4 Å². The van der Waals surface area contributed by atoms with Gasteiger partial charge in [-0.15, -0.1) is 0 Å². The number of aliphatic hydroxyl groups excluding tert-OH is 1. The van der Waals surface area contributed by atoms with Gasteiger partial charge in [0.05, 0.1) is 12.4 Å². The number of nitrogens with zero attached hydrogens (tertiary/aromatic N) is 1. The number of ether oxygens (including phenoxy) is 1. The minimum atomic E-state index is -3.29. The molecule has 7 heteroatoms. The number of thiophene rings is 1. The van der Waals surface area contributed by atoms with E-state index >= 15 is 0 Å². The van der Waals surface area contributed by atoms with Gasteiger partial charge >= 0.3 is 0 Å². The van der Waals surface area contributed by atoms with Crippen molar-refractivity contribution in [3.8, 4) is 0 Å². The van der Waals surface area contributed by atoms with Crippen LogP contribution in [0.5, 0.6) is 0 Å². The normalized spacial score (nSPS) is 24.9. The van der Waals surface area contributed by atoms with Gasteiger partial charge in [0.25, 0.3) is 0 Å². The molecule has 0 aromatic carbocycles. The third kappa shape index (κ3) is 3.35. The molecule has 1 aromatic heterocycles. The summed E-state index contributed by atoms with van der Waals surface area (Å²) in [5.41, 5.74) is 1.12. The Kier molecular flexibility index (Phi) is 4.97. The van der Waals surface area contributed by atoms with E-state index in [-0.39, 0.29) is 30.8 Å². The Hall–Kier alpha value is -0.470. The summed E-state index contributed by atoms with van der Waals surface area (Å²) >= 11 is 1.59. The van der Waals surface area contributed by atoms with Gasteiger partial charge in [0.1, 0.15) is 0 Å². The summed E-state index contributed by atoms with van der Waals surface area (Å²) in [6.45, 7) is 1.06. The van der Waals surface area contributed by atoms with E-state index in [1.54, 1.807) is 11.3 Å². The van der Waals surface area contributed by atoms with Crippen LogP contribution < -0.4 is 0 Å². The van der Waals surface area contributed by atoms with Crippen LogP contribution >= 0.6 is 11.3 Å². The number of methoxy groups -OCH3 is 1. The molecule has 2 atom stereocenters. The summed E-state index contributed by atoms with van der Waals surface area (Å²) in [4.78, 5) is 0. The van der Waals surface area contributed by atoms with Crippen LogP contribution in [-0.2, 0) is 14.8 Å². The maximum atomic E-state index is 12.1. The van der Waals surface area contributed by atoms with Gasteiger partial charge < -0.3 is 9.84 Å². The second-order valence-corrected chi connectivity index (χ2v) is 7.60. The monoisotopic (exact) mass is 305 g/mol. The molecule has 2 rings (SSSR count). The van der Waals surface area contributed by atoms with Crippen molar-refractivity contribution in [1.82, 2.24) is 4.31 Å². The summed E-state index contributed by atoms with van der Waals surface area (Å²) in [6, 6.07) is 2.00. The Balaban J connectivity index is 2.11. The molecule has 108 valence electrons. The molecule has 0 radical (unpaired) electrons. The molecule has 5 nitrogen and oxygen atoms in total. The standard InChI is InChI=1S/C12H19NO4S2/c1-17-3-5-19(15,16)13-6-11(8-14)12(7-13)10-2-4-18-9-10/h2,4,9,11-12,14H,3,5-8H2,1H3/t11-,12+/m0/s1. The minimum absolute atomic E-state index is 0.00198. The summed E-state index contributed by atoms with van der Waals surface area (Å²) in [6.07, 6.45) is 0. The van der Waals surface area contributed by atoms with Gasteiger partial charge in [0.2, 0.25) is 10.0 Å². The van der Waals surface area contributed by atoms with Crippen LogP contribution in [0.1, 0.15) is 11.5 Å². The van der Waals surface area contributed by atoms with Crippen LogP contribution in [0.15, 0.2) is 16.8 Å². The second-order valence-electron chi connectivity index (χ2n) is 4.73. The zero-order chi connectivity index (χ0) is 13.9. The Bertz CT molecular complexity index is 486. The lowest BCUT2D eigenvalue weighted by molar-refractivity contribution is 0.214. The molecule has 0 saturated carbocycles. The molecule has 1 aliphatic rings. The van der Waals surface area contributed by atoms with Gasteiger partial charge in [-0.2, -0.15) is 11.3 Å². The highest BCUT2D eigenvalue weighted by atomic mass is 32.2. The molecular formula is C12H19NO4S2. The highest BCUT2D eigenvalue weighted by molar-refractivity contribution is 7.89. The molecule has 1 aromatic rings. The lowest BCUT2D eigenvalue weighted by Gasteiger charge is -2.15. The molecule has 1 saturated heterocycles. The molecule has 0 bridgehead atoms. The summed E-state index contributed by atoms with van der Waals surface area (Å²) in [7, 11) is -1.80. The van der Waals surface area contributed by atoms with Crippen molar-refractivity contribution in [2.24, 2.45) is 5.92 Å².